The number of nitrogens with zero attached hydrogens (tertiary/aromatic N) is 4. The van der Waals surface area contributed by atoms with Crippen molar-refractivity contribution in [3.8, 4) is 0 Å². The lowest BCUT2D eigenvalue weighted by molar-refractivity contribution is 0.101. The molecule has 2 N–H and O–H groups in total. The van der Waals surface area contributed by atoms with E-state index in [2.05, 4.69) is 46.9 Å². The molecular formula is C8H7BrN6O. The Morgan fingerprint density at radius 2 is 2.31 bits per heavy atom. The Kier molecular flexibility index (Phi) is 2.91. The lowest BCUT2D eigenvalue weighted by atomic mass is 10.3. The van der Waals surface area contributed by atoms with Crippen LogP contribution in [0.25, 0.3) is 0 Å². The van der Waals surface area contributed by atoms with Gasteiger partial charge in [-0.1, -0.05) is 0 Å². The number of hydrogen-bond donors (Lipinski definition) is 2. The predicted molar refractivity (Wildman–Crippen MR) is 58.8 cm³/mol. The lowest BCUT2D eigenvalue weighted by Gasteiger charge is -2.03. The standard InChI is InChI=1S/C8H7BrN6O/c1-4-5(9)2-3-6(10-4)11-8(16)7-12-14-15-13-7/h2-3H,1H3,(H,10,11,16)(H,12,13,14,15). The summed E-state index contributed by atoms with van der Waals surface area (Å²) in [5.74, 6) is -0.0409. The molecule has 8 heteroatoms. The smallest absolute Gasteiger partial charge is 0.298 e. The molecule has 0 radical (unpaired) electrons. The lowest BCUT2D eigenvalue weighted by Crippen LogP contribution is -2.15. The van der Waals surface area contributed by atoms with E-state index in [0.29, 0.717) is 5.82 Å². The second kappa shape index (κ2) is 4.35. The molecule has 82 valence electrons. The third kappa shape index (κ3) is 2.22. The second-order valence-corrected chi connectivity index (χ2v) is 3.81. The fourth-order valence-corrected chi connectivity index (χ4v) is 1.26. The van der Waals surface area contributed by atoms with Gasteiger partial charge in [0, 0.05) is 4.47 Å². The van der Waals surface area contributed by atoms with Crippen LogP contribution in [0, 0.1) is 6.92 Å². The third-order valence-corrected chi connectivity index (χ3v) is 2.65. The Morgan fingerprint density at radius 3 is 2.94 bits per heavy atom. The monoisotopic (exact) mass is 282 g/mol. The molecule has 0 aliphatic rings. The van der Waals surface area contributed by atoms with Gasteiger partial charge in [0.05, 0.1) is 5.69 Å². The van der Waals surface area contributed by atoms with E-state index in [1.54, 1.807) is 12.1 Å². The largest absolute Gasteiger partial charge is 0.304 e. The van der Waals surface area contributed by atoms with Crippen LogP contribution in [0.3, 0.4) is 0 Å². The van der Waals surface area contributed by atoms with E-state index in [4.69, 9.17) is 0 Å². The van der Waals surface area contributed by atoms with Crippen molar-refractivity contribution in [2.45, 2.75) is 6.92 Å². The molecular weight excluding hydrogens is 276 g/mol. The number of anilines is 1. The highest BCUT2D eigenvalue weighted by Gasteiger charge is 2.11. The van der Waals surface area contributed by atoms with Gasteiger partial charge in [-0.25, -0.2) is 4.98 Å². The van der Waals surface area contributed by atoms with Crippen molar-refractivity contribution in [1.82, 2.24) is 25.6 Å². The zero-order valence-electron chi connectivity index (χ0n) is 8.23. The van der Waals surface area contributed by atoms with Crippen LogP contribution in [-0.4, -0.2) is 31.5 Å². The minimum absolute atomic E-state index is 0.0256. The summed E-state index contributed by atoms with van der Waals surface area (Å²) in [5, 5.41) is 15.2. The topological polar surface area (TPSA) is 96.5 Å². The zero-order valence-corrected chi connectivity index (χ0v) is 9.82. The van der Waals surface area contributed by atoms with Crippen molar-refractivity contribution in [3.63, 3.8) is 0 Å². The van der Waals surface area contributed by atoms with Crippen LogP contribution >= 0.6 is 15.9 Å². The molecule has 7 nitrogen and oxygen atoms in total. The number of carbonyl (C=O) groups is 1. The Labute approximate surface area is 98.8 Å². The molecule has 2 aromatic heterocycles. The number of rotatable bonds is 2. The number of amides is 1. The first-order chi connectivity index (χ1) is 7.66. The Morgan fingerprint density at radius 1 is 1.50 bits per heavy atom. The van der Waals surface area contributed by atoms with Crippen molar-refractivity contribution in [2.24, 2.45) is 0 Å². The van der Waals surface area contributed by atoms with Crippen LogP contribution in [0.1, 0.15) is 16.3 Å². The molecule has 2 heterocycles. The van der Waals surface area contributed by atoms with E-state index in [-0.39, 0.29) is 5.82 Å². The van der Waals surface area contributed by atoms with Gasteiger partial charge < -0.3 is 5.32 Å². The molecule has 0 atom stereocenters. The number of H-pyrrole nitrogens is 1. The minimum atomic E-state index is -0.456. The Bertz CT molecular complexity index is 511. The van der Waals surface area contributed by atoms with E-state index in [9.17, 15) is 4.79 Å². The number of hydrogen-bond acceptors (Lipinski definition) is 5. The highest BCUT2D eigenvalue weighted by Crippen LogP contribution is 2.16. The summed E-state index contributed by atoms with van der Waals surface area (Å²) in [5.41, 5.74) is 0.783. The number of carbonyl (C=O) groups excluding carboxylic acids is 1. The minimum Gasteiger partial charge on any atom is -0.304 e. The van der Waals surface area contributed by atoms with Gasteiger partial charge in [0.25, 0.3) is 11.7 Å². The molecule has 0 saturated heterocycles. The Hall–Kier alpha value is -1.83. The number of aryl methyl sites for hydroxylation is 1. The van der Waals surface area contributed by atoms with Gasteiger partial charge in [-0.15, -0.1) is 10.2 Å². The van der Waals surface area contributed by atoms with E-state index in [1.807, 2.05) is 6.92 Å². The molecule has 0 bridgehead atoms. The summed E-state index contributed by atoms with van der Waals surface area (Å²) in [4.78, 5) is 15.7. The number of pyridine rings is 1. The summed E-state index contributed by atoms with van der Waals surface area (Å²) in [6.07, 6.45) is 0. The molecule has 0 aromatic carbocycles. The van der Waals surface area contributed by atoms with Gasteiger partial charge in [-0.3, -0.25) is 4.79 Å². The molecule has 2 aromatic rings. The van der Waals surface area contributed by atoms with Gasteiger partial charge in [0.15, 0.2) is 0 Å². The van der Waals surface area contributed by atoms with Crippen molar-refractivity contribution in [3.05, 3.63) is 28.1 Å². The highest BCUT2D eigenvalue weighted by molar-refractivity contribution is 9.10. The van der Waals surface area contributed by atoms with E-state index < -0.39 is 5.91 Å². The molecule has 2 rings (SSSR count). The normalized spacial score (nSPS) is 10.1. The maximum atomic E-state index is 11.5. The molecule has 1 amide bonds. The number of aromatic amines is 1. The second-order valence-electron chi connectivity index (χ2n) is 2.95. The third-order valence-electron chi connectivity index (χ3n) is 1.81. The summed E-state index contributed by atoms with van der Waals surface area (Å²) < 4.78 is 0.880. The fourth-order valence-electron chi connectivity index (χ4n) is 1.04. The summed E-state index contributed by atoms with van der Waals surface area (Å²) >= 11 is 3.32. The quantitative estimate of drug-likeness (QED) is 0.854. The van der Waals surface area contributed by atoms with Gasteiger partial charge >= 0.3 is 0 Å². The average molecular weight is 283 g/mol. The Balaban J connectivity index is 2.15. The van der Waals surface area contributed by atoms with Gasteiger partial charge in [0.2, 0.25) is 0 Å². The maximum Gasteiger partial charge on any atom is 0.298 e. The number of tetrazole rings is 1. The zero-order chi connectivity index (χ0) is 11.5. The van der Waals surface area contributed by atoms with Crippen LogP contribution in [0.5, 0.6) is 0 Å². The summed E-state index contributed by atoms with van der Waals surface area (Å²) in [6.45, 7) is 1.83. The van der Waals surface area contributed by atoms with Crippen molar-refractivity contribution in [2.75, 3.05) is 5.32 Å². The van der Waals surface area contributed by atoms with E-state index in [1.165, 1.54) is 0 Å². The SMILES string of the molecule is Cc1nc(NC(=O)c2nn[nH]n2)ccc1Br. The summed E-state index contributed by atoms with van der Waals surface area (Å²) in [7, 11) is 0. The number of nitrogens with one attached hydrogen (secondary N) is 2. The van der Waals surface area contributed by atoms with Crippen LogP contribution in [0.2, 0.25) is 0 Å². The van der Waals surface area contributed by atoms with Crippen molar-refractivity contribution < 1.29 is 4.79 Å². The molecule has 0 saturated carbocycles. The molecule has 0 spiro atoms. The average Bonchev–Trinajstić information content (AvgIpc) is 2.77. The molecule has 0 aliphatic heterocycles. The van der Waals surface area contributed by atoms with Crippen LogP contribution in [0.4, 0.5) is 5.82 Å². The van der Waals surface area contributed by atoms with Gasteiger partial charge in [0.1, 0.15) is 5.82 Å². The first kappa shape index (κ1) is 10.7. The fraction of sp³-hybridized carbons (Fsp3) is 0.125. The number of aromatic nitrogens is 5. The van der Waals surface area contributed by atoms with Gasteiger partial charge in [-0.05, 0) is 40.2 Å². The molecule has 0 fully saturated rings. The first-order valence-electron chi connectivity index (χ1n) is 4.35. The van der Waals surface area contributed by atoms with Crippen molar-refractivity contribution in [1.29, 1.82) is 0 Å². The molecule has 0 unspecified atom stereocenters. The predicted octanol–water partition coefficient (Wildman–Crippen LogP) is 0.918. The molecule has 16 heavy (non-hydrogen) atoms. The van der Waals surface area contributed by atoms with Crippen LogP contribution in [0.15, 0.2) is 16.6 Å². The van der Waals surface area contributed by atoms with Gasteiger partial charge in [-0.2, -0.15) is 5.21 Å². The number of halogens is 1. The van der Waals surface area contributed by atoms with E-state index >= 15 is 0 Å². The molecule has 0 aliphatic carbocycles. The summed E-state index contributed by atoms with van der Waals surface area (Å²) in [6, 6.07) is 3.48. The first-order valence-corrected chi connectivity index (χ1v) is 5.14. The van der Waals surface area contributed by atoms with Crippen LogP contribution in [-0.2, 0) is 0 Å². The van der Waals surface area contributed by atoms with Crippen LogP contribution < -0.4 is 5.32 Å². The van der Waals surface area contributed by atoms with Crippen molar-refractivity contribution >= 4 is 27.7 Å². The maximum absolute atomic E-state index is 11.5. The highest BCUT2D eigenvalue weighted by atomic mass is 79.9. The van der Waals surface area contributed by atoms with E-state index in [0.717, 1.165) is 10.2 Å².